The molecule has 0 amide bonds. The molecular formula is C15H10BF3O2S. The van der Waals surface area contributed by atoms with Crippen molar-refractivity contribution in [1.82, 2.24) is 0 Å². The molecule has 0 unspecified atom stereocenters. The quantitative estimate of drug-likeness (QED) is 0.711. The molecule has 0 saturated carbocycles. The number of thiophene rings is 1. The summed E-state index contributed by atoms with van der Waals surface area (Å²) in [5, 5.41) is 20.1. The summed E-state index contributed by atoms with van der Waals surface area (Å²) in [4.78, 5) is 0. The molecule has 0 aliphatic carbocycles. The van der Waals surface area contributed by atoms with Crippen LogP contribution in [-0.4, -0.2) is 17.2 Å². The van der Waals surface area contributed by atoms with E-state index in [2.05, 4.69) is 0 Å². The number of halogens is 3. The summed E-state index contributed by atoms with van der Waals surface area (Å²) in [6, 6.07) is 11.3. The molecule has 7 heteroatoms. The molecule has 0 spiro atoms. The lowest BCUT2D eigenvalue weighted by molar-refractivity contribution is -0.136. The maximum absolute atomic E-state index is 12.9. The molecule has 0 aliphatic heterocycles. The van der Waals surface area contributed by atoms with Gasteiger partial charge in [0.05, 0.1) is 5.56 Å². The third-order valence-electron chi connectivity index (χ3n) is 3.43. The van der Waals surface area contributed by atoms with Crippen molar-refractivity contribution in [2.45, 2.75) is 6.18 Å². The van der Waals surface area contributed by atoms with Gasteiger partial charge in [-0.25, -0.2) is 0 Å². The Balaban J connectivity index is 2.15. The van der Waals surface area contributed by atoms with E-state index in [4.69, 9.17) is 0 Å². The monoisotopic (exact) mass is 322 g/mol. The van der Waals surface area contributed by atoms with Gasteiger partial charge in [-0.2, -0.15) is 13.2 Å². The van der Waals surface area contributed by atoms with Crippen LogP contribution < -0.4 is 5.46 Å². The van der Waals surface area contributed by atoms with Crippen LogP contribution >= 0.6 is 11.3 Å². The van der Waals surface area contributed by atoms with E-state index in [1.807, 2.05) is 0 Å². The van der Waals surface area contributed by atoms with Gasteiger partial charge in [0.1, 0.15) is 0 Å². The Kier molecular flexibility index (Phi) is 3.72. The van der Waals surface area contributed by atoms with Crippen molar-refractivity contribution in [2.24, 2.45) is 0 Å². The van der Waals surface area contributed by atoms with Crippen molar-refractivity contribution in [3.63, 3.8) is 0 Å². The average molecular weight is 322 g/mol. The molecule has 2 N–H and O–H groups in total. The summed E-state index contributed by atoms with van der Waals surface area (Å²) in [5.41, 5.74) is 0.900. The van der Waals surface area contributed by atoms with Crippen LogP contribution in [0.2, 0.25) is 0 Å². The lowest BCUT2D eigenvalue weighted by Crippen LogP contribution is -2.31. The Bertz CT molecular complexity index is 827. The van der Waals surface area contributed by atoms with Gasteiger partial charge in [0.2, 0.25) is 0 Å². The zero-order chi connectivity index (χ0) is 15.9. The lowest BCUT2D eigenvalue weighted by atomic mass is 9.75. The van der Waals surface area contributed by atoms with Crippen LogP contribution in [0.4, 0.5) is 13.2 Å². The van der Waals surface area contributed by atoms with Crippen LogP contribution in [0.15, 0.2) is 47.8 Å². The van der Waals surface area contributed by atoms with Crippen molar-refractivity contribution < 1.29 is 23.2 Å². The summed E-state index contributed by atoms with van der Waals surface area (Å²) < 4.78 is 39.2. The Hall–Kier alpha value is -1.83. The molecule has 3 rings (SSSR count). The van der Waals surface area contributed by atoms with Crippen LogP contribution in [0.5, 0.6) is 0 Å². The molecule has 0 radical (unpaired) electrons. The lowest BCUT2D eigenvalue weighted by Gasteiger charge is -2.09. The minimum atomic E-state index is -4.38. The predicted octanol–water partition coefficient (Wildman–Crippen LogP) is 3.27. The zero-order valence-electron chi connectivity index (χ0n) is 11.1. The second-order valence-electron chi connectivity index (χ2n) is 4.82. The van der Waals surface area contributed by atoms with Crippen molar-refractivity contribution >= 4 is 34.0 Å². The highest BCUT2D eigenvalue weighted by Gasteiger charge is 2.33. The van der Waals surface area contributed by atoms with E-state index >= 15 is 0 Å². The van der Waals surface area contributed by atoms with E-state index in [1.54, 1.807) is 36.4 Å². The SMILES string of the molecule is OB(O)c1ccccc1-c1ccc2c(C(F)(F)F)csc2c1. The minimum absolute atomic E-state index is 0.156. The standard InChI is InChI=1S/C15H10BF3O2S/c17-15(18,19)12-8-22-14-7-9(5-6-11(12)14)10-3-1-2-4-13(10)16(20)21/h1-8,20-21H. The fourth-order valence-electron chi connectivity index (χ4n) is 2.40. The molecule has 3 aromatic rings. The second kappa shape index (κ2) is 5.42. The van der Waals surface area contributed by atoms with E-state index in [-0.39, 0.29) is 5.39 Å². The van der Waals surface area contributed by atoms with Crippen molar-refractivity contribution in [2.75, 3.05) is 0 Å². The maximum atomic E-state index is 12.9. The molecule has 1 heterocycles. The van der Waals surface area contributed by atoms with Crippen molar-refractivity contribution in [3.05, 3.63) is 53.4 Å². The van der Waals surface area contributed by atoms with Crippen LogP contribution in [0.25, 0.3) is 21.2 Å². The first-order valence-corrected chi connectivity index (χ1v) is 7.30. The number of benzene rings is 2. The Morgan fingerprint density at radius 1 is 1.00 bits per heavy atom. The molecule has 2 aromatic carbocycles. The second-order valence-corrected chi connectivity index (χ2v) is 5.73. The molecule has 0 fully saturated rings. The third kappa shape index (κ3) is 2.63. The molecule has 2 nitrogen and oxygen atoms in total. The highest BCUT2D eigenvalue weighted by molar-refractivity contribution is 7.17. The number of fused-ring (bicyclic) bond motifs is 1. The van der Waals surface area contributed by atoms with Gasteiger partial charge in [0.15, 0.2) is 0 Å². The van der Waals surface area contributed by atoms with Gasteiger partial charge >= 0.3 is 13.3 Å². The normalized spacial score (nSPS) is 11.9. The molecule has 112 valence electrons. The molecule has 22 heavy (non-hydrogen) atoms. The molecule has 0 bridgehead atoms. The van der Waals surface area contributed by atoms with Gasteiger partial charge < -0.3 is 10.0 Å². The summed E-state index contributed by atoms with van der Waals surface area (Å²) in [6.07, 6.45) is -4.38. The van der Waals surface area contributed by atoms with E-state index in [0.717, 1.165) is 16.7 Å². The molecule has 0 atom stereocenters. The van der Waals surface area contributed by atoms with Crippen LogP contribution in [0.1, 0.15) is 5.56 Å². The van der Waals surface area contributed by atoms with E-state index in [1.165, 1.54) is 6.07 Å². The highest BCUT2D eigenvalue weighted by atomic mass is 32.1. The molecule has 1 aromatic heterocycles. The summed E-state index contributed by atoms with van der Waals surface area (Å²) in [6.45, 7) is 0. The van der Waals surface area contributed by atoms with E-state index in [9.17, 15) is 23.2 Å². The summed E-state index contributed by atoms with van der Waals surface area (Å²) in [7, 11) is -1.64. The van der Waals surface area contributed by atoms with Gasteiger partial charge in [0.25, 0.3) is 0 Å². The van der Waals surface area contributed by atoms with Crippen LogP contribution in [0.3, 0.4) is 0 Å². The topological polar surface area (TPSA) is 40.5 Å². The fourth-order valence-corrected chi connectivity index (χ4v) is 3.41. The van der Waals surface area contributed by atoms with Gasteiger partial charge in [-0.15, -0.1) is 11.3 Å². The van der Waals surface area contributed by atoms with Crippen molar-refractivity contribution in [1.29, 1.82) is 0 Å². The molecular weight excluding hydrogens is 312 g/mol. The Morgan fingerprint density at radius 3 is 2.41 bits per heavy atom. The first-order chi connectivity index (χ1) is 10.4. The number of hydrogen-bond acceptors (Lipinski definition) is 3. The van der Waals surface area contributed by atoms with Gasteiger partial charge in [0, 0.05) is 15.5 Å². The average Bonchev–Trinajstić information content (AvgIpc) is 2.90. The Labute approximate surface area is 128 Å². The van der Waals surface area contributed by atoms with Gasteiger partial charge in [-0.05, 0) is 22.7 Å². The van der Waals surface area contributed by atoms with Crippen LogP contribution in [0, 0.1) is 0 Å². The number of rotatable bonds is 2. The van der Waals surface area contributed by atoms with Crippen LogP contribution in [-0.2, 0) is 6.18 Å². The van der Waals surface area contributed by atoms with Gasteiger partial charge in [-0.3, -0.25) is 0 Å². The highest BCUT2D eigenvalue weighted by Crippen LogP contribution is 2.39. The largest absolute Gasteiger partial charge is 0.489 e. The smallest absolute Gasteiger partial charge is 0.423 e. The number of hydrogen-bond donors (Lipinski definition) is 2. The number of alkyl halides is 3. The minimum Gasteiger partial charge on any atom is -0.423 e. The maximum Gasteiger partial charge on any atom is 0.489 e. The first kappa shape index (κ1) is 15.1. The van der Waals surface area contributed by atoms with Crippen molar-refractivity contribution in [3.8, 4) is 11.1 Å². The molecule has 0 saturated heterocycles. The zero-order valence-corrected chi connectivity index (χ0v) is 11.9. The fraction of sp³-hybridized carbons (Fsp3) is 0.0667. The van der Waals surface area contributed by atoms with E-state index < -0.39 is 18.9 Å². The first-order valence-electron chi connectivity index (χ1n) is 6.42. The summed E-state index contributed by atoms with van der Waals surface area (Å²) >= 11 is 1.02. The predicted molar refractivity (Wildman–Crippen MR) is 82.1 cm³/mol. The summed E-state index contributed by atoms with van der Waals surface area (Å²) in [5.74, 6) is 0. The third-order valence-corrected chi connectivity index (χ3v) is 4.38. The Morgan fingerprint density at radius 2 is 1.73 bits per heavy atom. The molecule has 0 aliphatic rings. The van der Waals surface area contributed by atoms with Gasteiger partial charge in [-0.1, -0.05) is 36.4 Å². The van der Waals surface area contributed by atoms with E-state index in [0.29, 0.717) is 21.3 Å².